The summed E-state index contributed by atoms with van der Waals surface area (Å²) in [6, 6.07) is 9.41. The normalized spacial score (nSPS) is 21.3. The van der Waals surface area contributed by atoms with E-state index in [1.807, 2.05) is 30.3 Å². The molecular formula is C10H13N3O2. The van der Waals surface area contributed by atoms with Crippen LogP contribution in [0, 0.1) is 10.1 Å². The Bertz CT molecular complexity index is 342. The Balaban J connectivity index is 2.22. The molecule has 1 fully saturated rings. The van der Waals surface area contributed by atoms with Gasteiger partial charge >= 0.3 is 0 Å². The Morgan fingerprint density at radius 2 is 2.13 bits per heavy atom. The lowest BCUT2D eigenvalue weighted by Gasteiger charge is -2.29. The van der Waals surface area contributed by atoms with Crippen LogP contribution in [0.5, 0.6) is 0 Å². The largest absolute Gasteiger partial charge is 0.312 e. The number of piperazine rings is 1. The van der Waals surface area contributed by atoms with Gasteiger partial charge in [0.25, 0.3) is 0 Å². The summed E-state index contributed by atoms with van der Waals surface area (Å²) >= 11 is 0. The zero-order valence-electron chi connectivity index (χ0n) is 8.30. The molecule has 1 unspecified atom stereocenters. The summed E-state index contributed by atoms with van der Waals surface area (Å²) in [5.74, 6) is 0. The van der Waals surface area contributed by atoms with Crippen molar-refractivity contribution in [1.29, 1.82) is 0 Å². The van der Waals surface area contributed by atoms with Gasteiger partial charge in [0.15, 0.2) is 5.03 Å². The maximum absolute atomic E-state index is 10.8. The monoisotopic (exact) mass is 207 g/mol. The number of nitrogens with zero attached hydrogens (tertiary/aromatic N) is 2. The molecule has 15 heavy (non-hydrogen) atoms. The van der Waals surface area contributed by atoms with Crippen molar-refractivity contribution in [2.75, 3.05) is 19.6 Å². The molecular weight excluding hydrogens is 194 g/mol. The van der Waals surface area contributed by atoms with Gasteiger partial charge in [-0.05, 0) is 5.56 Å². The van der Waals surface area contributed by atoms with E-state index in [0.29, 0.717) is 19.6 Å². The second-order valence-electron chi connectivity index (χ2n) is 3.53. The number of hydrogen-bond donors (Lipinski definition) is 1. The predicted octanol–water partition coefficient (Wildman–Crippen LogP) is 0.825. The highest BCUT2D eigenvalue weighted by atomic mass is 16.7. The molecule has 1 aromatic carbocycles. The molecule has 0 aliphatic carbocycles. The van der Waals surface area contributed by atoms with E-state index in [1.54, 1.807) is 0 Å². The van der Waals surface area contributed by atoms with Crippen LogP contribution in [0.3, 0.4) is 0 Å². The molecule has 0 spiro atoms. The minimum atomic E-state index is -0.307. The van der Waals surface area contributed by atoms with Crippen molar-refractivity contribution in [3.63, 3.8) is 0 Å². The van der Waals surface area contributed by atoms with E-state index in [1.165, 1.54) is 5.01 Å². The molecule has 5 heteroatoms. The summed E-state index contributed by atoms with van der Waals surface area (Å²) in [5.41, 5.74) is 0.987. The summed E-state index contributed by atoms with van der Waals surface area (Å²) in [5, 5.41) is 15.0. The quantitative estimate of drug-likeness (QED) is 0.576. The molecule has 2 rings (SSSR count). The average Bonchev–Trinajstić information content (AvgIpc) is 2.30. The molecule has 0 radical (unpaired) electrons. The van der Waals surface area contributed by atoms with E-state index in [2.05, 4.69) is 5.32 Å². The van der Waals surface area contributed by atoms with Crippen molar-refractivity contribution in [2.24, 2.45) is 0 Å². The maximum atomic E-state index is 10.8. The fourth-order valence-electron chi connectivity index (χ4n) is 1.85. The molecule has 5 nitrogen and oxygen atoms in total. The van der Waals surface area contributed by atoms with Crippen LogP contribution in [0.2, 0.25) is 0 Å². The molecule has 1 heterocycles. The van der Waals surface area contributed by atoms with Gasteiger partial charge in [0.2, 0.25) is 0 Å². The van der Waals surface area contributed by atoms with Gasteiger partial charge in [0.1, 0.15) is 6.04 Å². The molecule has 1 N–H and O–H groups in total. The summed E-state index contributed by atoms with van der Waals surface area (Å²) < 4.78 is 0. The molecule has 0 bridgehead atoms. The lowest BCUT2D eigenvalue weighted by atomic mass is 10.1. The van der Waals surface area contributed by atoms with E-state index in [0.717, 1.165) is 5.56 Å². The Labute approximate surface area is 87.8 Å². The first kappa shape index (κ1) is 9.92. The van der Waals surface area contributed by atoms with Crippen LogP contribution in [-0.2, 0) is 0 Å². The summed E-state index contributed by atoms with van der Waals surface area (Å²) in [7, 11) is 0. The minimum Gasteiger partial charge on any atom is -0.312 e. The second kappa shape index (κ2) is 4.27. The minimum absolute atomic E-state index is 0.157. The van der Waals surface area contributed by atoms with E-state index < -0.39 is 0 Å². The summed E-state index contributed by atoms with van der Waals surface area (Å²) in [6.45, 7) is 1.75. The first-order valence-corrected chi connectivity index (χ1v) is 4.95. The predicted molar refractivity (Wildman–Crippen MR) is 55.8 cm³/mol. The van der Waals surface area contributed by atoms with Crippen LogP contribution in [-0.4, -0.2) is 29.7 Å². The van der Waals surface area contributed by atoms with Crippen molar-refractivity contribution < 1.29 is 5.03 Å². The third kappa shape index (κ3) is 2.07. The average molecular weight is 207 g/mol. The number of rotatable bonds is 2. The Morgan fingerprint density at radius 1 is 1.40 bits per heavy atom. The van der Waals surface area contributed by atoms with E-state index >= 15 is 0 Å². The fraction of sp³-hybridized carbons (Fsp3) is 0.400. The lowest BCUT2D eigenvalue weighted by Crippen LogP contribution is -2.48. The van der Waals surface area contributed by atoms with Crippen molar-refractivity contribution in [3.05, 3.63) is 46.0 Å². The highest BCUT2D eigenvalue weighted by Gasteiger charge is 2.30. The molecule has 1 aromatic rings. The maximum Gasteiger partial charge on any atom is 0.160 e. The Morgan fingerprint density at radius 3 is 2.80 bits per heavy atom. The van der Waals surface area contributed by atoms with Gasteiger partial charge in [-0.1, -0.05) is 30.3 Å². The third-order valence-electron chi connectivity index (χ3n) is 2.61. The molecule has 1 saturated heterocycles. The van der Waals surface area contributed by atoms with Crippen LogP contribution in [0.1, 0.15) is 11.6 Å². The molecule has 0 aromatic heterocycles. The van der Waals surface area contributed by atoms with Crippen molar-refractivity contribution >= 4 is 0 Å². The van der Waals surface area contributed by atoms with Gasteiger partial charge in [-0.15, -0.1) is 5.01 Å². The lowest BCUT2D eigenvalue weighted by molar-refractivity contribution is -0.667. The molecule has 1 aliphatic rings. The van der Waals surface area contributed by atoms with Gasteiger partial charge in [0.05, 0.1) is 6.54 Å². The highest BCUT2D eigenvalue weighted by molar-refractivity contribution is 5.19. The number of hydrazine groups is 1. The number of nitro groups is 1. The molecule has 1 atom stereocenters. The fourth-order valence-corrected chi connectivity index (χ4v) is 1.85. The molecule has 1 aliphatic heterocycles. The number of nitrogens with one attached hydrogen (secondary N) is 1. The van der Waals surface area contributed by atoms with E-state index in [9.17, 15) is 10.1 Å². The Hall–Kier alpha value is -1.62. The van der Waals surface area contributed by atoms with E-state index in [4.69, 9.17) is 0 Å². The van der Waals surface area contributed by atoms with Crippen LogP contribution >= 0.6 is 0 Å². The zero-order valence-corrected chi connectivity index (χ0v) is 8.30. The van der Waals surface area contributed by atoms with Gasteiger partial charge in [-0.25, -0.2) is 10.1 Å². The molecule has 0 saturated carbocycles. The second-order valence-corrected chi connectivity index (χ2v) is 3.53. The van der Waals surface area contributed by atoms with Crippen LogP contribution in [0.4, 0.5) is 0 Å². The molecule has 0 amide bonds. The first-order valence-electron chi connectivity index (χ1n) is 4.95. The van der Waals surface area contributed by atoms with Gasteiger partial charge in [0, 0.05) is 13.1 Å². The molecule has 80 valence electrons. The SMILES string of the molecule is O=[N+]([O-])N1CCNCC1c1ccccc1. The third-order valence-corrected chi connectivity index (χ3v) is 2.61. The van der Waals surface area contributed by atoms with E-state index in [-0.39, 0.29) is 11.1 Å². The van der Waals surface area contributed by atoms with Crippen LogP contribution in [0.25, 0.3) is 0 Å². The Kier molecular flexibility index (Phi) is 2.82. The summed E-state index contributed by atoms with van der Waals surface area (Å²) in [6.07, 6.45) is 0. The van der Waals surface area contributed by atoms with Gasteiger partial charge < -0.3 is 5.32 Å². The highest BCUT2D eigenvalue weighted by Crippen LogP contribution is 2.21. The van der Waals surface area contributed by atoms with Crippen LogP contribution < -0.4 is 5.32 Å². The van der Waals surface area contributed by atoms with Crippen molar-refractivity contribution in [2.45, 2.75) is 6.04 Å². The van der Waals surface area contributed by atoms with Gasteiger partial charge in [-0.3, -0.25) is 0 Å². The smallest absolute Gasteiger partial charge is 0.160 e. The summed E-state index contributed by atoms with van der Waals surface area (Å²) in [4.78, 5) is 10.8. The first-order chi connectivity index (χ1) is 7.29. The standard InChI is InChI=1S/C10H13N3O2/c14-13(15)12-7-6-11-8-10(12)9-4-2-1-3-5-9/h1-5,10-11H,6-8H2. The topological polar surface area (TPSA) is 58.4 Å². The van der Waals surface area contributed by atoms with Crippen LogP contribution in [0.15, 0.2) is 30.3 Å². The van der Waals surface area contributed by atoms with Gasteiger partial charge in [-0.2, -0.15) is 0 Å². The van der Waals surface area contributed by atoms with Crippen molar-refractivity contribution in [1.82, 2.24) is 10.3 Å². The zero-order chi connectivity index (χ0) is 10.7. The number of hydrogen-bond acceptors (Lipinski definition) is 3. The number of benzene rings is 1. The van der Waals surface area contributed by atoms with Crippen molar-refractivity contribution in [3.8, 4) is 0 Å².